The predicted octanol–water partition coefficient (Wildman–Crippen LogP) is 5.08. The van der Waals surface area contributed by atoms with Crippen molar-refractivity contribution in [3.8, 4) is 0 Å². The van der Waals surface area contributed by atoms with Crippen LogP contribution in [0.4, 0.5) is 5.69 Å². The molecule has 1 amide bonds. The van der Waals surface area contributed by atoms with Gasteiger partial charge in [-0.3, -0.25) is 4.79 Å². The molecule has 0 saturated carbocycles. The van der Waals surface area contributed by atoms with Crippen LogP contribution in [-0.2, 0) is 20.6 Å². The second-order valence-corrected chi connectivity index (χ2v) is 11.1. The van der Waals surface area contributed by atoms with Crippen LogP contribution in [0.3, 0.4) is 0 Å². The molecule has 8 heteroatoms. The number of para-hydroxylation sites is 1. The third-order valence-corrected chi connectivity index (χ3v) is 9.11. The Labute approximate surface area is 191 Å². The van der Waals surface area contributed by atoms with E-state index in [0.717, 1.165) is 16.3 Å². The monoisotopic (exact) mass is 472 g/mol. The molecule has 1 aliphatic rings. The van der Waals surface area contributed by atoms with Crippen LogP contribution in [0.1, 0.15) is 18.4 Å². The lowest BCUT2D eigenvalue weighted by Crippen LogP contribution is -2.41. The van der Waals surface area contributed by atoms with Gasteiger partial charge in [0.05, 0.1) is 10.6 Å². The van der Waals surface area contributed by atoms with Crippen LogP contribution in [-0.4, -0.2) is 31.7 Å². The number of thioether (sulfide) groups is 1. The van der Waals surface area contributed by atoms with Crippen molar-refractivity contribution in [2.24, 2.45) is 5.92 Å². The van der Waals surface area contributed by atoms with Gasteiger partial charge < -0.3 is 5.32 Å². The zero-order chi connectivity index (χ0) is 21.7. The molecule has 0 atom stereocenters. The summed E-state index contributed by atoms with van der Waals surface area (Å²) in [7, 11) is -3.51. The van der Waals surface area contributed by atoms with Crippen LogP contribution >= 0.6 is 23.1 Å². The molecule has 0 spiro atoms. The molecular formula is C23H24N2O3S3. The summed E-state index contributed by atoms with van der Waals surface area (Å²) in [5.74, 6) is 0.615. The molecule has 0 bridgehead atoms. The second-order valence-electron chi connectivity index (χ2n) is 7.40. The highest BCUT2D eigenvalue weighted by Gasteiger charge is 2.32. The number of rotatable bonds is 7. The van der Waals surface area contributed by atoms with Gasteiger partial charge in [-0.05, 0) is 59.5 Å². The molecule has 0 unspecified atom stereocenters. The summed E-state index contributed by atoms with van der Waals surface area (Å²) in [4.78, 5) is 14.2. The molecule has 0 aliphatic carbocycles. The number of thiophene rings is 1. The number of benzene rings is 2. The highest BCUT2D eigenvalue weighted by atomic mass is 32.2. The molecule has 3 aromatic rings. The Hall–Kier alpha value is -2.13. The van der Waals surface area contributed by atoms with Crippen LogP contribution in [0.5, 0.6) is 0 Å². The summed E-state index contributed by atoms with van der Waals surface area (Å²) in [5.41, 5.74) is 2.08. The number of piperidine rings is 1. The number of anilines is 1. The zero-order valence-electron chi connectivity index (χ0n) is 16.9. The third kappa shape index (κ3) is 5.38. The highest BCUT2D eigenvalue weighted by molar-refractivity contribution is 7.98. The number of amides is 1. The van der Waals surface area contributed by atoms with Gasteiger partial charge in [0.15, 0.2) is 0 Å². The van der Waals surface area contributed by atoms with Crippen molar-refractivity contribution in [3.63, 3.8) is 0 Å². The average molecular weight is 473 g/mol. The maximum Gasteiger partial charge on any atom is 0.243 e. The first-order valence-corrected chi connectivity index (χ1v) is 13.5. The first kappa shape index (κ1) is 22.1. The van der Waals surface area contributed by atoms with E-state index in [1.165, 1.54) is 9.87 Å². The number of carbonyl (C=O) groups excluding carboxylic acids is 1. The normalized spacial score (nSPS) is 15.6. The Morgan fingerprint density at radius 2 is 1.74 bits per heavy atom. The van der Waals surface area contributed by atoms with E-state index >= 15 is 0 Å². The van der Waals surface area contributed by atoms with E-state index in [-0.39, 0.29) is 11.8 Å². The first-order valence-electron chi connectivity index (χ1n) is 10.1. The summed E-state index contributed by atoms with van der Waals surface area (Å²) in [5, 5.41) is 7.26. The lowest BCUT2D eigenvalue weighted by molar-refractivity contribution is -0.120. The molecular weight excluding hydrogens is 448 g/mol. The predicted molar refractivity (Wildman–Crippen MR) is 127 cm³/mol. The molecule has 1 aliphatic heterocycles. The van der Waals surface area contributed by atoms with Crippen LogP contribution in [0, 0.1) is 5.92 Å². The Balaban J connectivity index is 1.35. The van der Waals surface area contributed by atoms with Crippen molar-refractivity contribution in [1.29, 1.82) is 0 Å². The third-order valence-electron chi connectivity index (χ3n) is 5.33. The SMILES string of the molecule is O=C(Nc1ccccc1SCc1ccsc1)C1CCN(S(=O)(=O)c2ccccc2)CC1. The van der Waals surface area contributed by atoms with Gasteiger partial charge in [0, 0.05) is 29.7 Å². The van der Waals surface area contributed by atoms with Crippen LogP contribution in [0.25, 0.3) is 0 Å². The molecule has 31 heavy (non-hydrogen) atoms. The Bertz CT molecular complexity index is 1110. The van der Waals surface area contributed by atoms with E-state index in [2.05, 4.69) is 22.1 Å². The van der Waals surface area contributed by atoms with Gasteiger partial charge in [0.2, 0.25) is 15.9 Å². The molecule has 2 heterocycles. The standard InChI is InChI=1S/C23H24N2O3S3/c26-23(24-21-8-4-5-9-22(21)30-17-18-12-15-29-16-18)19-10-13-25(14-11-19)31(27,28)20-6-2-1-3-7-20/h1-9,12,15-16,19H,10-11,13-14,17H2,(H,24,26). The maximum atomic E-state index is 12.9. The van der Waals surface area contributed by atoms with E-state index in [1.54, 1.807) is 53.4 Å². The fourth-order valence-electron chi connectivity index (χ4n) is 3.57. The van der Waals surface area contributed by atoms with Gasteiger partial charge in [-0.15, -0.1) is 11.8 Å². The first-order chi connectivity index (χ1) is 15.0. The number of sulfonamides is 1. The minimum Gasteiger partial charge on any atom is -0.325 e. The van der Waals surface area contributed by atoms with E-state index < -0.39 is 10.0 Å². The van der Waals surface area contributed by atoms with Crippen molar-refractivity contribution in [1.82, 2.24) is 4.31 Å². The van der Waals surface area contributed by atoms with Crippen molar-refractivity contribution in [2.75, 3.05) is 18.4 Å². The molecule has 0 radical (unpaired) electrons. The van der Waals surface area contributed by atoms with Gasteiger partial charge in [-0.2, -0.15) is 15.6 Å². The number of carbonyl (C=O) groups is 1. The number of hydrogen-bond acceptors (Lipinski definition) is 5. The molecule has 4 rings (SSSR count). The van der Waals surface area contributed by atoms with Crippen LogP contribution < -0.4 is 5.32 Å². The largest absolute Gasteiger partial charge is 0.325 e. The van der Waals surface area contributed by atoms with Gasteiger partial charge in [-0.1, -0.05) is 30.3 Å². The molecule has 1 N–H and O–H groups in total. The molecule has 1 fully saturated rings. The number of nitrogens with one attached hydrogen (secondary N) is 1. The fourth-order valence-corrected chi connectivity index (χ4v) is 6.78. The van der Waals surface area contributed by atoms with Crippen LogP contribution in [0.2, 0.25) is 0 Å². The average Bonchev–Trinajstić information content (AvgIpc) is 3.33. The van der Waals surface area contributed by atoms with Gasteiger partial charge in [0.1, 0.15) is 0 Å². The van der Waals surface area contributed by atoms with Gasteiger partial charge in [0.25, 0.3) is 0 Å². The summed E-state index contributed by atoms with van der Waals surface area (Å²) in [6, 6.07) is 18.4. The van der Waals surface area contributed by atoms with Crippen molar-refractivity contribution in [3.05, 3.63) is 77.0 Å². The zero-order valence-corrected chi connectivity index (χ0v) is 19.4. The summed E-state index contributed by atoms with van der Waals surface area (Å²) in [6.07, 6.45) is 1.03. The molecule has 1 saturated heterocycles. The van der Waals surface area contributed by atoms with Crippen molar-refractivity contribution >= 4 is 44.7 Å². The van der Waals surface area contributed by atoms with Crippen molar-refractivity contribution in [2.45, 2.75) is 28.4 Å². The highest BCUT2D eigenvalue weighted by Crippen LogP contribution is 2.31. The summed E-state index contributed by atoms with van der Waals surface area (Å²) >= 11 is 3.38. The van der Waals surface area contributed by atoms with E-state index in [0.29, 0.717) is 30.8 Å². The Kier molecular flexibility index (Phi) is 7.12. The second kappa shape index (κ2) is 9.99. The smallest absolute Gasteiger partial charge is 0.243 e. The topological polar surface area (TPSA) is 66.5 Å². The van der Waals surface area contributed by atoms with Gasteiger partial charge >= 0.3 is 0 Å². The molecule has 5 nitrogen and oxygen atoms in total. The van der Waals surface area contributed by atoms with E-state index in [4.69, 9.17) is 0 Å². The van der Waals surface area contributed by atoms with E-state index in [9.17, 15) is 13.2 Å². The lowest BCUT2D eigenvalue weighted by Gasteiger charge is -2.30. The summed E-state index contributed by atoms with van der Waals surface area (Å²) in [6.45, 7) is 0.702. The molecule has 162 valence electrons. The Morgan fingerprint density at radius 1 is 1.03 bits per heavy atom. The minimum atomic E-state index is -3.51. The lowest BCUT2D eigenvalue weighted by atomic mass is 9.97. The van der Waals surface area contributed by atoms with E-state index in [1.807, 2.05) is 24.3 Å². The Morgan fingerprint density at radius 3 is 2.45 bits per heavy atom. The number of nitrogens with zero attached hydrogens (tertiary/aromatic N) is 1. The summed E-state index contributed by atoms with van der Waals surface area (Å²) < 4.78 is 27.1. The van der Waals surface area contributed by atoms with Gasteiger partial charge in [-0.25, -0.2) is 8.42 Å². The quantitative estimate of drug-likeness (QED) is 0.487. The molecule has 1 aromatic heterocycles. The van der Waals surface area contributed by atoms with Crippen molar-refractivity contribution < 1.29 is 13.2 Å². The minimum absolute atomic E-state index is 0.0413. The van der Waals surface area contributed by atoms with Crippen LogP contribution in [0.15, 0.2) is 81.2 Å². The molecule has 2 aromatic carbocycles. The maximum absolute atomic E-state index is 12.9. The fraction of sp³-hybridized carbons (Fsp3) is 0.261. The number of hydrogen-bond donors (Lipinski definition) is 1.